The molecule has 0 radical (unpaired) electrons. The molecule has 158 valence electrons. The van der Waals surface area contributed by atoms with E-state index in [2.05, 4.69) is 97.1 Å². The van der Waals surface area contributed by atoms with E-state index in [-0.39, 0.29) is 12.2 Å². The maximum atomic E-state index is 6.47. The van der Waals surface area contributed by atoms with Crippen molar-refractivity contribution in [2.45, 2.75) is 37.9 Å². The molecule has 32 heavy (non-hydrogen) atoms. The minimum atomic E-state index is 0.124. The third kappa shape index (κ3) is 3.46. The van der Waals surface area contributed by atoms with Gasteiger partial charge in [-0.1, -0.05) is 84.9 Å². The fourth-order valence-corrected chi connectivity index (χ4v) is 5.15. The van der Waals surface area contributed by atoms with Gasteiger partial charge in [0.2, 0.25) is 0 Å². The van der Waals surface area contributed by atoms with E-state index >= 15 is 0 Å². The Hall–Kier alpha value is -3.52. The smallest absolute Gasteiger partial charge is 0.124 e. The second-order valence-electron chi connectivity index (χ2n) is 8.68. The van der Waals surface area contributed by atoms with Crippen LogP contribution < -0.4 is 9.47 Å². The Morgan fingerprint density at radius 1 is 0.469 bits per heavy atom. The van der Waals surface area contributed by atoms with Crippen molar-refractivity contribution >= 4 is 0 Å². The normalized spacial score (nSPS) is 19.2. The first-order valence-corrected chi connectivity index (χ1v) is 11.5. The van der Waals surface area contributed by atoms with E-state index in [1.165, 1.54) is 33.4 Å². The average molecular weight is 419 g/mol. The molecule has 0 amide bonds. The highest BCUT2D eigenvalue weighted by Crippen LogP contribution is 2.44. The zero-order chi connectivity index (χ0) is 21.3. The number of ether oxygens (including phenoxy) is 2. The van der Waals surface area contributed by atoms with Crippen LogP contribution in [0.5, 0.6) is 11.5 Å². The number of fused-ring (bicyclic) bond motifs is 2. The summed E-state index contributed by atoms with van der Waals surface area (Å²) in [6, 6.07) is 34.1. The molecule has 0 saturated heterocycles. The van der Waals surface area contributed by atoms with Gasteiger partial charge < -0.3 is 9.47 Å². The summed E-state index contributed by atoms with van der Waals surface area (Å²) in [5, 5.41) is 0. The predicted octanol–water partition coefficient (Wildman–Crippen LogP) is 7.49. The maximum absolute atomic E-state index is 6.47. The Kier molecular flexibility index (Phi) is 4.92. The second kappa shape index (κ2) is 8.20. The summed E-state index contributed by atoms with van der Waals surface area (Å²) in [6.07, 6.45) is 4.27. The lowest BCUT2D eigenvalue weighted by molar-refractivity contribution is 0.176. The molecule has 2 atom stereocenters. The van der Waals surface area contributed by atoms with Gasteiger partial charge in [0.15, 0.2) is 0 Å². The molecule has 0 N–H and O–H groups in total. The molecule has 4 aromatic carbocycles. The third-order valence-electron chi connectivity index (χ3n) is 6.75. The highest BCUT2D eigenvalue weighted by atomic mass is 16.5. The third-order valence-corrected chi connectivity index (χ3v) is 6.75. The van der Waals surface area contributed by atoms with Crippen LogP contribution in [0.4, 0.5) is 0 Å². The van der Waals surface area contributed by atoms with Gasteiger partial charge in [-0.15, -0.1) is 0 Å². The Morgan fingerprint density at radius 2 is 0.906 bits per heavy atom. The quantitative estimate of drug-likeness (QED) is 0.343. The maximum Gasteiger partial charge on any atom is 0.124 e. The van der Waals surface area contributed by atoms with Gasteiger partial charge in [-0.25, -0.2) is 0 Å². The monoisotopic (exact) mass is 418 g/mol. The standard InChI is InChI=1S/C30H26O2/c1-3-9-21(10-4-1)27-19-17-25-23(13-7-15-29(25)31-27)24-14-8-16-30-26(24)18-20-28(32-30)22-11-5-2-6-12-22/h1-16,27-28H,17-20H2. The zero-order valence-corrected chi connectivity index (χ0v) is 18.0. The molecule has 0 saturated carbocycles. The van der Waals surface area contributed by atoms with E-state index in [0.29, 0.717) is 0 Å². The van der Waals surface area contributed by atoms with Crippen LogP contribution in [0, 0.1) is 0 Å². The fourth-order valence-electron chi connectivity index (χ4n) is 5.15. The summed E-state index contributed by atoms with van der Waals surface area (Å²) in [5.41, 5.74) is 7.71. The van der Waals surface area contributed by atoms with Gasteiger partial charge in [0.1, 0.15) is 23.7 Å². The molecule has 2 aliphatic heterocycles. The highest BCUT2D eigenvalue weighted by molar-refractivity contribution is 5.75. The molecule has 4 aromatic rings. The Bertz CT molecular complexity index is 1130. The number of benzene rings is 4. The van der Waals surface area contributed by atoms with Crippen molar-refractivity contribution in [1.82, 2.24) is 0 Å². The fraction of sp³-hybridized carbons (Fsp3) is 0.200. The Labute approximate surface area is 189 Å². The first kappa shape index (κ1) is 19.2. The molecule has 6 rings (SSSR count). The van der Waals surface area contributed by atoms with E-state index in [4.69, 9.17) is 9.47 Å². The van der Waals surface area contributed by atoms with Crippen molar-refractivity contribution in [3.63, 3.8) is 0 Å². The zero-order valence-electron chi connectivity index (χ0n) is 18.0. The van der Waals surface area contributed by atoms with Gasteiger partial charge in [0.25, 0.3) is 0 Å². The van der Waals surface area contributed by atoms with Crippen molar-refractivity contribution in [3.05, 3.63) is 119 Å². The van der Waals surface area contributed by atoms with E-state index in [1.807, 2.05) is 0 Å². The van der Waals surface area contributed by atoms with E-state index in [0.717, 1.165) is 37.2 Å². The largest absolute Gasteiger partial charge is 0.485 e. The van der Waals surface area contributed by atoms with E-state index in [9.17, 15) is 0 Å². The number of hydrogen-bond acceptors (Lipinski definition) is 2. The van der Waals surface area contributed by atoms with Crippen LogP contribution in [-0.4, -0.2) is 0 Å². The first-order valence-electron chi connectivity index (χ1n) is 11.5. The summed E-state index contributed by atoms with van der Waals surface area (Å²) in [6.45, 7) is 0. The minimum Gasteiger partial charge on any atom is -0.485 e. The van der Waals surface area contributed by atoms with Gasteiger partial charge in [-0.05, 0) is 60.1 Å². The van der Waals surface area contributed by atoms with Crippen LogP contribution in [0.1, 0.15) is 47.3 Å². The molecule has 0 aromatic heterocycles. The summed E-state index contributed by atoms with van der Waals surface area (Å²) < 4.78 is 12.9. The van der Waals surface area contributed by atoms with Gasteiger partial charge >= 0.3 is 0 Å². The molecule has 0 fully saturated rings. The van der Waals surface area contributed by atoms with Crippen molar-refractivity contribution in [1.29, 1.82) is 0 Å². The first-order chi connectivity index (χ1) is 15.9. The molecular weight excluding hydrogens is 392 g/mol. The van der Waals surface area contributed by atoms with Gasteiger partial charge in [-0.3, -0.25) is 0 Å². The lowest BCUT2D eigenvalue weighted by Gasteiger charge is -2.30. The number of hydrogen-bond donors (Lipinski definition) is 0. The molecule has 2 heterocycles. The SMILES string of the molecule is c1ccc(C2CCc3c(cccc3-c3cccc4c3CCC(c3ccccc3)O4)O2)cc1. The van der Waals surface area contributed by atoms with Crippen molar-refractivity contribution in [3.8, 4) is 22.6 Å². The molecule has 0 aliphatic carbocycles. The van der Waals surface area contributed by atoms with Crippen LogP contribution >= 0.6 is 0 Å². The van der Waals surface area contributed by atoms with Crippen LogP contribution in [0.2, 0.25) is 0 Å². The van der Waals surface area contributed by atoms with Crippen LogP contribution in [0.25, 0.3) is 11.1 Å². The van der Waals surface area contributed by atoms with Gasteiger partial charge in [0.05, 0.1) is 0 Å². The van der Waals surface area contributed by atoms with Crippen LogP contribution in [-0.2, 0) is 12.8 Å². The molecule has 2 nitrogen and oxygen atoms in total. The van der Waals surface area contributed by atoms with Crippen LogP contribution in [0.15, 0.2) is 97.1 Å². The Morgan fingerprint density at radius 3 is 1.34 bits per heavy atom. The molecular formula is C30H26O2. The molecule has 2 aliphatic rings. The molecule has 2 heteroatoms. The lowest BCUT2D eigenvalue weighted by Crippen LogP contribution is -2.17. The summed E-state index contributed by atoms with van der Waals surface area (Å²) in [4.78, 5) is 0. The molecule has 0 bridgehead atoms. The molecule has 2 unspecified atom stereocenters. The Balaban J connectivity index is 1.33. The van der Waals surface area contributed by atoms with Crippen molar-refractivity contribution in [2.75, 3.05) is 0 Å². The highest BCUT2D eigenvalue weighted by Gasteiger charge is 2.27. The summed E-state index contributed by atoms with van der Waals surface area (Å²) in [7, 11) is 0. The predicted molar refractivity (Wildman–Crippen MR) is 128 cm³/mol. The summed E-state index contributed by atoms with van der Waals surface area (Å²) >= 11 is 0. The molecule has 0 spiro atoms. The van der Waals surface area contributed by atoms with Crippen LogP contribution in [0.3, 0.4) is 0 Å². The average Bonchev–Trinajstić information content (AvgIpc) is 2.88. The van der Waals surface area contributed by atoms with E-state index in [1.54, 1.807) is 0 Å². The topological polar surface area (TPSA) is 18.5 Å². The van der Waals surface area contributed by atoms with Crippen molar-refractivity contribution in [2.24, 2.45) is 0 Å². The van der Waals surface area contributed by atoms with Gasteiger partial charge in [0, 0.05) is 11.1 Å². The minimum absolute atomic E-state index is 0.124. The van der Waals surface area contributed by atoms with E-state index < -0.39 is 0 Å². The van der Waals surface area contributed by atoms with Crippen molar-refractivity contribution < 1.29 is 9.47 Å². The second-order valence-corrected chi connectivity index (χ2v) is 8.68. The number of rotatable bonds is 3. The lowest BCUT2D eigenvalue weighted by atomic mass is 9.86. The van der Waals surface area contributed by atoms with Gasteiger partial charge in [-0.2, -0.15) is 0 Å². The summed E-state index contributed by atoms with van der Waals surface area (Å²) in [5.74, 6) is 2.03.